The summed E-state index contributed by atoms with van der Waals surface area (Å²) in [5.41, 5.74) is 5.70. The molecule has 6 rings (SSSR count). The number of ketones is 1. The van der Waals surface area contributed by atoms with Crippen molar-refractivity contribution in [3.05, 3.63) is 82.7 Å². The maximum atomic E-state index is 14.1. The monoisotopic (exact) mass is 864 g/mol. The number of unbranched alkanes of at least 4 members (excludes halogenated alkanes) is 4. The molecule has 0 spiro atoms. The van der Waals surface area contributed by atoms with Gasteiger partial charge in [-0.25, -0.2) is 9.97 Å². The van der Waals surface area contributed by atoms with Gasteiger partial charge >= 0.3 is 0 Å². The number of pyridine rings is 2. The van der Waals surface area contributed by atoms with Gasteiger partial charge in [-0.3, -0.25) is 39.2 Å². The number of fused-ring (bicyclic) bond motifs is 1. The van der Waals surface area contributed by atoms with Crippen LogP contribution in [0.2, 0.25) is 0 Å². The predicted molar refractivity (Wildman–Crippen MR) is 253 cm³/mol. The number of anilines is 3. The van der Waals surface area contributed by atoms with Crippen molar-refractivity contribution in [2.75, 3.05) is 55.4 Å². The molecule has 0 bridgehead atoms. The standard InChI is InChI=1S/C41H54N8O3.C6H9NO2.C2H6/c1-7-47(28-42-5)30(3)35-18-14-20-38(44-35)49-25-34-33(41(49)52)24-39(48-23-15-16-29(48)2)45-37(34)26-46(6)22-12-10-8-9-11-21-43-36-19-13-17-32(27-50)40(36)31(4)51;1-4-2-3-5(8)7-6(4)9;1-2/h13-14,17-20,24,27-29,43H,3,7-12,15-16,21-23,25-26H2,1-2,4-6H3;4H,2-3H2,1H3,(H,7,8,9);1-2H3. The van der Waals surface area contributed by atoms with Crippen molar-refractivity contribution in [2.45, 2.75) is 118 Å². The minimum atomic E-state index is -0.141. The van der Waals surface area contributed by atoms with Crippen LogP contribution in [0.4, 0.5) is 17.3 Å². The third-order valence-electron chi connectivity index (χ3n) is 11.6. The number of piperidine rings is 1. The second-order valence-electron chi connectivity index (χ2n) is 16.2. The van der Waals surface area contributed by atoms with E-state index in [1.54, 1.807) is 30.4 Å². The summed E-state index contributed by atoms with van der Waals surface area (Å²) in [5.74, 6) is 1.07. The number of amides is 3. The smallest absolute Gasteiger partial charge is 0.260 e. The van der Waals surface area contributed by atoms with E-state index in [0.717, 1.165) is 99.3 Å². The van der Waals surface area contributed by atoms with E-state index in [1.165, 1.54) is 6.92 Å². The normalized spacial score (nSPS) is 16.9. The zero-order valence-corrected chi connectivity index (χ0v) is 38.8. The zero-order chi connectivity index (χ0) is 46.1. The van der Waals surface area contributed by atoms with E-state index < -0.39 is 0 Å². The van der Waals surface area contributed by atoms with Crippen molar-refractivity contribution in [3.8, 4) is 0 Å². The first-order valence-corrected chi connectivity index (χ1v) is 22.7. The van der Waals surface area contributed by atoms with Crippen LogP contribution in [0.5, 0.6) is 0 Å². The molecule has 2 unspecified atom stereocenters. The number of carbonyl (C=O) groups is 5. The van der Waals surface area contributed by atoms with Crippen LogP contribution in [0.3, 0.4) is 0 Å². The Labute approximate surface area is 374 Å². The highest BCUT2D eigenvalue weighted by Gasteiger charge is 2.35. The van der Waals surface area contributed by atoms with Crippen LogP contribution in [0.25, 0.3) is 5.70 Å². The molecule has 2 atom stereocenters. The number of aromatic nitrogens is 2. The topological polar surface area (TPSA) is 161 Å². The molecule has 0 saturated carbocycles. The number of hydrogen-bond donors (Lipinski definition) is 2. The second kappa shape index (κ2) is 24.8. The molecular weight excluding hydrogens is 795 g/mol. The van der Waals surface area contributed by atoms with Gasteiger partial charge < -0.3 is 20.0 Å². The van der Waals surface area contributed by atoms with Gasteiger partial charge in [0, 0.05) is 68.4 Å². The summed E-state index contributed by atoms with van der Waals surface area (Å²) < 4.78 is 0. The number of imide groups is 1. The van der Waals surface area contributed by atoms with E-state index in [1.807, 2.05) is 62.9 Å². The SMILES string of the molecule is C=C(c1cccc(N2Cc3c(cc(N4CCCC4C)nc3CN(C)CCCCCCCNc3cccc(C=O)c3C(C)=O)C2=O)n1)N(C=NC)CC.CC.CC1CCC(=O)NC1=O. The number of carbonyl (C=O) groups excluding carboxylic acids is 5. The molecule has 5 heterocycles. The fraction of sp³-hybridized carbons (Fsp3) is 0.510. The predicted octanol–water partition coefficient (Wildman–Crippen LogP) is 8.17. The minimum Gasteiger partial charge on any atom is -0.384 e. The highest BCUT2D eigenvalue weighted by Crippen LogP contribution is 2.34. The highest BCUT2D eigenvalue weighted by molar-refractivity contribution is 6.10. The van der Waals surface area contributed by atoms with Crippen LogP contribution in [0.15, 0.2) is 54.0 Å². The summed E-state index contributed by atoms with van der Waals surface area (Å²) in [6.45, 7) is 20.3. The number of rotatable bonds is 19. The van der Waals surface area contributed by atoms with Crippen molar-refractivity contribution in [1.29, 1.82) is 0 Å². The molecule has 3 aliphatic heterocycles. The zero-order valence-electron chi connectivity index (χ0n) is 38.8. The molecule has 2 fully saturated rings. The van der Waals surface area contributed by atoms with Gasteiger partial charge in [-0.15, -0.1) is 0 Å². The third kappa shape index (κ3) is 13.4. The molecule has 3 aromatic rings. The van der Waals surface area contributed by atoms with Gasteiger partial charge in [-0.1, -0.05) is 64.8 Å². The number of nitrogens with zero attached hydrogens (tertiary/aromatic N) is 7. The number of aliphatic imine (C=N–C) groups is 1. The van der Waals surface area contributed by atoms with Crippen LogP contribution in [-0.2, 0) is 22.7 Å². The van der Waals surface area contributed by atoms with E-state index in [2.05, 4.69) is 46.0 Å². The average Bonchev–Trinajstić information content (AvgIpc) is 3.87. The van der Waals surface area contributed by atoms with E-state index in [9.17, 15) is 24.0 Å². The van der Waals surface area contributed by atoms with Crippen molar-refractivity contribution in [1.82, 2.24) is 25.1 Å². The summed E-state index contributed by atoms with van der Waals surface area (Å²) in [4.78, 5) is 81.3. The van der Waals surface area contributed by atoms with Crippen molar-refractivity contribution < 1.29 is 24.0 Å². The number of aldehydes is 1. The quantitative estimate of drug-likeness (QED) is 0.0299. The average molecular weight is 864 g/mol. The Morgan fingerprint density at radius 3 is 2.40 bits per heavy atom. The maximum absolute atomic E-state index is 14.1. The van der Waals surface area contributed by atoms with E-state index in [0.29, 0.717) is 66.7 Å². The number of benzene rings is 1. The molecule has 2 saturated heterocycles. The lowest BCUT2D eigenvalue weighted by Gasteiger charge is -2.25. The molecule has 14 nitrogen and oxygen atoms in total. The summed E-state index contributed by atoms with van der Waals surface area (Å²) in [6, 6.07) is 13.4. The van der Waals surface area contributed by atoms with E-state index in [-0.39, 0.29) is 29.4 Å². The van der Waals surface area contributed by atoms with Gasteiger partial charge in [-0.05, 0) is 90.7 Å². The fourth-order valence-corrected chi connectivity index (χ4v) is 8.06. The third-order valence-corrected chi connectivity index (χ3v) is 11.6. The molecule has 0 radical (unpaired) electrons. The second-order valence-corrected chi connectivity index (χ2v) is 16.2. The van der Waals surface area contributed by atoms with Crippen LogP contribution < -0.4 is 20.4 Å². The number of hydrogen-bond acceptors (Lipinski definition) is 11. The molecule has 3 aliphatic rings. The van der Waals surface area contributed by atoms with Crippen molar-refractivity contribution in [2.24, 2.45) is 10.9 Å². The Morgan fingerprint density at radius 1 is 1.02 bits per heavy atom. The molecule has 1 aromatic carbocycles. The molecule has 340 valence electrons. The van der Waals surface area contributed by atoms with Gasteiger partial charge in [0.25, 0.3) is 5.91 Å². The largest absolute Gasteiger partial charge is 0.384 e. The molecule has 0 aliphatic carbocycles. The first-order valence-electron chi connectivity index (χ1n) is 22.7. The van der Waals surface area contributed by atoms with Gasteiger partial charge in [-0.2, -0.15) is 0 Å². The Balaban J connectivity index is 0.000000696. The van der Waals surface area contributed by atoms with Crippen LogP contribution >= 0.6 is 0 Å². The summed E-state index contributed by atoms with van der Waals surface area (Å²) in [6.07, 6.45) is 11.3. The number of Topliss-reactive ketones (excluding diaryl/α,β-unsaturated/α-hetero) is 1. The number of nitrogens with one attached hydrogen (secondary N) is 2. The van der Waals surface area contributed by atoms with Gasteiger partial charge in [0.15, 0.2) is 12.1 Å². The molecule has 2 N–H and O–H groups in total. The Hall–Kier alpha value is -5.76. The summed E-state index contributed by atoms with van der Waals surface area (Å²) >= 11 is 0. The Morgan fingerprint density at radius 2 is 1.75 bits per heavy atom. The Kier molecular flexibility index (Phi) is 19.6. The van der Waals surface area contributed by atoms with Crippen LogP contribution in [0.1, 0.15) is 147 Å². The van der Waals surface area contributed by atoms with Crippen molar-refractivity contribution in [3.63, 3.8) is 0 Å². The summed E-state index contributed by atoms with van der Waals surface area (Å²) in [5, 5.41) is 5.60. The van der Waals surface area contributed by atoms with Gasteiger partial charge in [0.1, 0.15) is 11.6 Å². The molecule has 63 heavy (non-hydrogen) atoms. The van der Waals surface area contributed by atoms with Crippen molar-refractivity contribution >= 4 is 59.1 Å². The molecular formula is C49H69N9O5. The fourth-order valence-electron chi connectivity index (χ4n) is 8.06. The first-order chi connectivity index (χ1) is 30.4. The van der Waals surface area contributed by atoms with Gasteiger partial charge in [0.2, 0.25) is 11.8 Å². The van der Waals surface area contributed by atoms with E-state index >= 15 is 0 Å². The lowest BCUT2D eigenvalue weighted by Crippen LogP contribution is -2.39. The maximum Gasteiger partial charge on any atom is 0.260 e. The van der Waals surface area contributed by atoms with E-state index in [4.69, 9.17) is 9.97 Å². The molecule has 3 amide bonds. The molecule has 2 aromatic heterocycles. The molecule has 14 heteroatoms. The highest BCUT2D eigenvalue weighted by atomic mass is 16.2. The summed E-state index contributed by atoms with van der Waals surface area (Å²) in [7, 11) is 3.86. The minimum absolute atomic E-state index is 0.0164. The van der Waals surface area contributed by atoms with Crippen LogP contribution in [0, 0.1) is 5.92 Å². The first kappa shape index (κ1) is 49.9. The lowest BCUT2D eigenvalue weighted by atomic mass is 10.0. The lowest BCUT2D eigenvalue weighted by molar-refractivity contribution is -0.135. The Bertz CT molecular complexity index is 2100. The van der Waals surface area contributed by atoms with Crippen LogP contribution in [-0.4, -0.2) is 102 Å². The van der Waals surface area contributed by atoms with Gasteiger partial charge in [0.05, 0.1) is 41.1 Å².